The molecule has 0 aliphatic carbocycles. The highest BCUT2D eigenvalue weighted by atomic mass is 16.8. The SMILES string of the molecule is CCCC(CCCCCCCCCC(=O)O)O[C@@H]1O[C@H](C)[C@@H](O)[C@H](O)[C@H]1O[C@@H]1O[C@H](CO)[C@@H](O)[C@H](O)[C@H]1O[C@@H]1O[C@@H](C)[C@H](O[C@@H]2O[C@H](C)[C@H](O)[C@H](O)[C@H]2O)[C@@H](C[C@@H]2O[C@H](CO)[C@@H](O)[C@H](O)[C@H]2O[C@@H]2O[C@H](C)[C@@H](O)[C@H](O)[C@H]2O)[C@H]1O. The van der Waals surface area contributed by atoms with Crippen molar-refractivity contribution in [1.29, 1.82) is 0 Å². The molecule has 6 aliphatic rings. The van der Waals surface area contributed by atoms with Crippen molar-refractivity contribution >= 4 is 5.97 Å². The van der Waals surface area contributed by atoms with Gasteiger partial charge in [0, 0.05) is 12.3 Å². The van der Waals surface area contributed by atoms with Crippen LogP contribution in [0.1, 0.15) is 112 Å². The van der Waals surface area contributed by atoms with Crippen LogP contribution in [-0.4, -0.2) is 285 Å². The van der Waals surface area contributed by atoms with E-state index in [-0.39, 0.29) is 6.42 Å². The largest absolute Gasteiger partial charge is 0.481 e. The predicted molar refractivity (Wildman–Crippen MR) is 263 cm³/mol. The maximum absolute atomic E-state index is 12.5. The standard InChI is InChI=1S/C51H90O28/c1-6-14-24(15-12-10-8-7-9-11-13-16-29(54)55)73-50-45(38(64)32(58)22(4)71-50)79-51-46(40(66)35(61)28(19-53)75-51)78-47-33(59)25(43(23(5)72-47)76-48-41(67)36(62)30(56)20(2)69-48)17-26-44(39(65)34(60)27(18-52)74-26)77-49-42(68)37(63)31(57)21(3)70-49/h20-28,30-53,56-68H,6-19H2,1-5H3,(H,54,55)/t20-,21-,22-,23+,24?,25+,26+,27-,28-,30+,31-,32-,33-,34-,35-,36+,37+,38+,39+,40+,41-,42-,43+,44+,45-,46-,47+,48+,49+,50+,51+/m1/s1. The zero-order valence-electron chi connectivity index (χ0n) is 45.4. The molecule has 462 valence electrons. The average molecular weight is 1150 g/mol. The zero-order chi connectivity index (χ0) is 58.2. The first-order valence-electron chi connectivity index (χ1n) is 27.9. The molecule has 28 heteroatoms. The Hall–Kier alpha value is -1.57. The number of aliphatic carboxylic acids is 1. The number of rotatable bonds is 26. The molecule has 28 nitrogen and oxygen atoms in total. The van der Waals surface area contributed by atoms with Gasteiger partial charge in [-0.1, -0.05) is 51.9 Å². The third-order valence-electron chi connectivity index (χ3n) is 16.2. The van der Waals surface area contributed by atoms with Crippen molar-refractivity contribution in [2.24, 2.45) is 5.92 Å². The summed E-state index contributed by atoms with van der Waals surface area (Å²) in [6, 6.07) is 0. The summed E-state index contributed by atoms with van der Waals surface area (Å²) in [4.78, 5) is 10.8. The lowest BCUT2D eigenvalue weighted by molar-refractivity contribution is -0.398. The summed E-state index contributed by atoms with van der Waals surface area (Å²) in [5, 5.41) is 175. The van der Waals surface area contributed by atoms with E-state index >= 15 is 0 Å². The van der Waals surface area contributed by atoms with Gasteiger partial charge < -0.3 is 134 Å². The summed E-state index contributed by atoms with van der Waals surface area (Å²) in [6.45, 7) is 5.96. The highest BCUT2D eigenvalue weighted by Crippen LogP contribution is 2.41. The van der Waals surface area contributed by atoms with E-state index < -0.39 is 216 Å². The van der Waals surface area contributed by atoms with Gasteiger partial charge in [0.05, 0.1) is 55.9 Å². The van der Waals surface area contributed by atoms with Crippen LogP contribution in [0.3, 0.4) is 0 Å². The summed E-state index contributed by atoms with van der Waals surface area (Å²) < 4.78 is 67.2. The van der Waals surface area contributed by atoms with Crippen LogP contribution in [0.15, 0.2) is 0 Å². The van der Waals surface area contributed by atoms with Crippen molar-refractivity contribution in [3.05, 3.63) is 0 Å². The van der Waals surface area contributed by atoms with Crippen molar-refractivity contribution in [1.82, 2.24) is 0 Å². The molecule has 0 radical (unpaired) electrons. The molecule has 0 spiro atoms. The molecule has 1 unspecified atom stereocenters. The van der Waals surface area contributed by atoms with Crippen LogP contribution in [-0.2, 0) is 56.9 Å². The van der Waals surface area contributed by atoms with E-state index in [4.69, 9.17) is 57.2 Å². The van der Waals surface area contributed by atoms with Crippen molar-refractivity contribution in [2.45, 2.75) is 296 Å². The second-order valence-electron chi connectivity index (χ2n) is 22.1. The minimum atomic E-state index is -2.01. The molecule has 6 heterocycles. The van der Waals surface area contributed by atoms with Gasteiger partial charge in [-0.05, 0) is 53.4 Å². The zero-order valence-corrected chi connectivity index (χ0v) is 45.4. The van der Waals surface area contributed by atoms with E-state index in [1.54, 1.807) is 0 Å². The number of ether oxygens (including phenoxy) is 11. The smallest absolute Gasteiger partial charge is 0.303 e. The summed E-state index contributed by atoms with van der Waals surface area (Å²) in [6.07, 6.45) is -40.8. The first kappa shape index (κ1) is 66.6. The summed E-state index contributed by atoms with van der Waals surface area (Å²) in [5.74, 6) is -2.25. The molecule has 31 atom stereocenters. The van der Waals surface area contributed by atoms with Crippen LogP contribution >= 0.6 is 0 Å². The minimum absolute atomic E-state index is 0.133. The Morgan fingerprint density at radius 2 is 0.823 bits per heavy atom. The second-order valence-corrected chi connectivity index (χ2v) is 22.1. The van der Waals surface area contributed by atoms with E-state index in [1.807, 2.05) is 6.92 Å². The van der Waals surface area contributed by atoms with Gasteiger partial charge in [-0.25, -0.2) is 0 Å². The Morgan fingerprint density at radius 3 is 1.37 bits per heavy atom. The third-order valence-corrected chi connectivity index (χ3v) is 16.2. The summed E-state index contributed by atoms with van der Waals surface area (Å²) in [5.41, 5.74) is 0. The predicted octanol–water partition coefficient (Wildman–Crippen LogP) is -4.54. The summed E-state index contributed by atoms with van der Waals surface area (Å²) >= 11 is 0. The molecular formula is C51H90O28. The lowest BCUT2D eigenvalue weighted by Crippen LogP contribution is -2.67. The van der Waals surface area contributed by atoms with Gasteiger partial charge in [0.1, 0.15) is 110 Å². The second kappa shape index (κ2) is 30.5. The minimum Gasteiger partial charge on any atom is -0.481 e. The van der Waals surface area contributed by atoms with Gasteiger partial charge in [0.25, 0.3) is 0 Å². The van der Waals surface area contributed by atoms with Crippen LogP contribution in [0.25, 0.3) is 0 Å². The van der Waals surface area contributed by atoms with Crippen LogP contribution in [0.5, 0.6) is 0 Å². The number of aliphatic hydroxyl groups is 15. The van der Waals surface area contributed by atoms with Gasteiger partial charge in [0.15, 0.2) is 31.5 Å². The fourth-order valence-electron chi connectivity index (χ4n) is 11.3. The first-order valence-corrected chi connectivity index (χ1v) is 27.9. The Morgan fingerprint density at radius 1 is 0.405 bits per heavy atom. The van der Waals surface area contributed by atoms with E-state index in [2.05, 4.69) is 0 Å². The fourth-order valence-corrected chi connectivity index (χ4v) is 11.3. The molecule has 6 aliphatic heterocycles. The maximum Gasteiger partial charge on any atom is 0.303 e. The number of carboxylic acids is 1. The number of unbranched alkanes of at least 4 members (excludes halogenated alkanes) is 6. The summed E-state index contributed by atoms with van der Waals surface area (Å²) in [7, 11) is 0. The molecular weight excluding hydrogens is 1060 g/mol. The molecule has 6 saturated heterocycles. The Kier molecular flexibility index (Phi) is 25.7. The lowest BCUT2D eigenvalue weighted by Gasteiger charge is -2.51. The van der Waals surface area contributed by atoms with Gasteiger partial charge in [-0.3, -0.25) is 4.79 Å². The van der Waals surface area contributed by atoms with Gasteiger partial charge in [0.2, 0.25) is 0 Å². The quantitative estimate of drug-likeness (QED) is 0.0363. The highest BCUT2D eigenvalue weighted by Gasteiger charge is 2.58. The molecule has 0 aromatic carbocycles. The van der Waals surface area contributed by atoms with Gasteiger partial charge in [-0.15, -0.1) is 0 Å². The Bertz CT molecular complexity index is 1790. The van der Waals surface area contributed by atoms with Gasteiger partial charge >= 0.3 is 5.97 Å². The number of carboxylic acid groups (broad SMARTS) is 1. The van der Waals surface area contributed by atoms with Crippen LogP contribution in [0, 0.1) is 5.92 Å². The van der Waals surface area contributed by atoms with Gasteiger partial charge in [-0.2, -0.15) is 0 Å². The van der Waals surface area contributed by atoms with Crippen molar-refractivity contribution in [2.75, 3.05) is 13.2 Å². The molecule has 0 amide bonds. The molecule has 6 rings (SSSR count). The molecule has 79 heavy (non-hydrogen) atoms. The first-order chi connectivity index (χ1) is 37.4. The number of hydrogen-bond donors (Lipinski definition) is 16. The maximum atomic E-state index is 12.5. The average Bonchev–Trinajstić information content (AvgIpc) is 3.46. The fraction of sp³-hybridized carbons (Fsp3) is 0.980. The van der Waals surface area contributed by atoms with E-state index in [0.717, 1.165) is 38.5 Å². The Labute approximate surface area is 458 Å². The molecule has 0 bridgehead atoms. The van der Waals surface area contributed by atoms with E-state index in [9.17, 15) is 81.4 Å². The molecule has 0 aromatic rings. The number of aliphatic hydroxyl groups excluding tert-OH is 15. The lowest BCUT2D eigenvalue weighted by atomic mass is 9.81. The van der Waals surface area contributed by atoms with E-state index in [1.165, 1.54) is 27.7 Å². The normalized spacial score (nSPS) is 47.4. The van der Waals surface area contributed by atoms with Crippen LogP contribution in [0.4, 0.5) is 0 Å². The Balaban J connectivity index is 1.27. The number of carbonyl (C=O) groups is 1. The molecule has 6 fully saturated rings. The van der Waals surface area contributed by atoms with Crippen molar-refractivity contribution in [3.63, 3.8) is 0 Å². The number of hydrogen-bond acceptors (Lipinski definition) is 27. The highest BCUT2D eigenvalue weighted by molar-refractivity contribution is 5.66. The van der Waals surface area contributed by atoms with Crippen LogP contribution < -0.4 is 0 Å². The molecule has 0 aromatic heterocycles. The third kappa shape index (κ3) is 16.2. The monoisotopic (exact) mass is 1150 g/mol. The molecule has 16 N–H and O–H groups in total. The van der Waals surface area contributed by atoms with Crippen molar-refractivity contribution in [3.8, 4) is 0 Å². The topological polar surface area (TPSA) is 442 Å². The van der Waals surface area contributed by atoms with Crippen molar-refractivity contribution < 1.29 is 139 Å². The van der Waals surface area contributed by atoms with Crippen LogP contribution in [0.2, 0.25) is 0 Å². The molecule has 0 saturated carbocycles. The van der Waals surface area contributed by atoms with E-state index in [0.29, 0.717) is 25.7 Å².